The number of hydrazine groups is 1. The topological polar surface area (TPSA) is 65.2 Å². The van der Waals surface area contributed by atoms with Crippen LogP contribution in [0.4, 0.5) is 4.79 Å². The quantitative estimate of drug-likeness (QED) is 0.511. The maximum Gasteiger partial charge on any atom is 0.334 e. The molecule has 0 heterocycles. The van der Waals surface area contributed by atoms with Crippen LogP contribution in [0.5, 0.6) is 0 Å². The molecule has 21 heavy (non-hydrogen) atoms. The van der Waals surface area contributed by atoms with Crippen molar-refractivity contribution in [2.45, 2.75) is 26.3 Å². The van der Waals surface area contributed by atoms with Gasteiger partial charge in [-0.2, -0.15) is 0 Å². The molecule has 5 nitrogen and oxygen atoms in total. The lowest BCUT2D eigenvalue weighted by Crippen LogP contribution is -2.53. The van der Waals surface area contributed by atoms with Crippen LogP contribution in [0, 0.1) is 0 Å². The highest BCUT2D eigenvalue weighted by Crippen LogP contribution is 2.23. The van der Waals surface area contributed by atoms with E-state index in [4.69, 9.17) is 12.2 Å². The van der Waals surface area contributed by atoms with Gasteiger partial charge in [0.2, 0.25) is 0 Å². The lowest BCUT2D eigenvalue weighted by molar-refractivity contribution is 0.228. The minimum atomic E-state index is -0.529. The Bertz CT molecular complexity index is 554. The number of thiocarbonyl (C=S) groups is 1. The van der Waals surface area contributed by atoms with E-state index in [0.717, 1.165) is 16.7 Å². The highest BCUT2D eigenvalue weighted by Gasteiger charge is 2.23. The Labute approximate surface area is 131 Å². The van der Waals surface area contributed by atoms with Crippen molar-refractivity contribution >= 4 is 28.9 Å². The summed E-state index contributed by atoms with van der Waals surface area (Å²) < 4.78 is 0. The molecular weight excluding hydrogens is 284 g/mol. The van der Waals surface area contributed by atoms with Gasteiger partial charge in [0, 0.05) is 7.05 Å². The molecular formula is C15H22N4OS. The van der Waals surface area contributed by atoms with Crippen molar-refractivity contribution in [1.82, 2.24) is 21.5 Å². The smallest absolute Gasteiger partial charge is 0.334 e. The third-order valence-corrected chi connectivity index (χ3v) is 3.33. The molecule has 1 rings (SSSR count). The Morgan fingerprint density at radius 2 is 1.95 bits per heavy atom. The monoisotopic (exact) mass is 306 g/mol. The fourth-order valence-corrected chi connectivity index (χ4v) is 1.79. The van der Waals surface area contributed by atoms with E-state index in [0.29, 0.717) is 5.11 Å². The van der Waals surface area contributed by atoms with E-state index in [2.05, 4.69) is 28.1 Å². The van der Waals surface area contributed by atoms with Crippen molar-refractivity contribution < 1.29 is 4.79 Å². The number of hydrogen-bond donors (Lipinski definition) is 4. The largest absolute Gasteiger partial charge is 0.364 e. The average Bonchev–Trinajstić information content (AvgIpc) is 2.44. The van der Waals surface area contributed by atoms with Gasteiger partial charge >= 0.3 is 6.03 Å². The van der Waals surface area contributed by atoms with Gasteiger partial charge in [-0.25, -0.2) is 10.2 Å². The lowest BCUT2D eigenvalue weighted by atomic mass is 9.92. The van der Waals surface area contributed by atoms with Crippen LogP contribution >= 0.6 is 12.2 Å². The summed E-state index contributed by atoms with van der Waals surface area (Å²) in [5.74, 6) is 0. The normalized spacial score (nSPS) is 10.5. The minimum Gasteiger partial charge on any atom is -0.364 e. The average molecular weight is 306 g/mol. The molecule has 0 spiro atoms. The summed E-state index contributed by atoms with van der Waals surface area (Å²) in [6, 6.07) is 7.58. The Balaban J connectivity index is 2.76. The van der Waals surface area contributed by atoms with Gasteiger partial charge in [0.15, 0.2) is 5.11 Å². The highest BCUT2D eigenvalue weighted by atomic mass is 32.1. The summed E-state index contributed by atoms with van der Waals surface area (Å²) in [6.07, 6.45) is 0. The fraction of sp³-hybridized carbons (Fsp3) is 0.333. The number of urea groups is 1. The third kappa shape index (κ3) is 5.07. The summed E-state index contributed by atoms with van der Waals surface area (Å²) in [6.45, 7) is 9.75. The molecule has 0 aromatic heterocycles. The summed E-state index contributed by atoms with van der Waals surface area (Å²) in [7, 11) is 1.67. The molecule has 0 bridgehead atoms. The number of allylic oxidation sites excluding steroid dienone is 1. The summed E-state index contributed by atoms with van der Waals surface area (Å²) in [5.41, 5.74) is 7.56. The van der Waals surface area contributed by atoms with E-state index in [-0.39, 0.29) is 6.03 Å². The van der Waals surface area contributed by atoms with Crippen LogP contribution < -0.4 is 21.5 Å². The van der Waals surface area contributed by atoms with Gasteiger partial charge < -0.3 is 10.6 Å². The van der Waals surface area contributed by atoms with Crippen molar-refractivity contribution in [1.29, 1.82) is 0 Å². The first kappa shape index (κ1) is 17.0. The van der Waals surface area contributed by atoms with Gasteiger partial charge in [0.05, 0.1) is 5.54 Å². The molecule has 2 amide bonds. The zero-order valence-corrected chi connectivity index (χ0v) is 13.6. The highest BCUT2D eigenvalue weighted by molar-refractivity contribution is 7.80. The van der Waals surface area contributed by atoms with Crippen LogP contribution in [0.25, 0.3) is 5.57 Å². The van der Waals surface area contributed by atoms with E-state index in [1.807, 2.05) is 45.0 Å². The maximum atomic E-state index is 11.9. The first-order valence-electron chi connectivity index (χ1n) is 6.58. The third-order valence-electron chi connectivity index (χ3n) is 3.02. The molecule has 1 aromatic carbocycles. The number of nitrogens with one attached hydrogen (secondary N) is 4. The van der Waals surface area contributed by atoms with Crippen LogP contribution in [0.3, 0.4) is 0 Å². The molecule has 1 aromatic rings. The van der Waals surface area contributed by atoms with E-state index in [9.17, 15) is 4.79 Å². The van der Waals surface area contributed by atoms with Crippen molar-refractivity contribution in [3.63, 3.8) is 0 Å². The minimum absolute atomic E-state index is 0.340. The van der Waals surface area contributed by atoms with Crippen molar-refractivity contribution in [3.8, 4) is 0 Å². The van der Waals surface area contributed by atoms with Crippen LogP contribution in [-0.4, -0.2) is 18.2 Å². The molecule has 6 heteroatoms. The van der Waals surface area contributed by atoms with Gasteiger partial charge in [0.1, 0.15) is 0 Å². The maximum absolute atomic E-state index is 11.9. The van der Waals surface area contributed by atoms with E-state index in [1.54, 1.807) is 7.05 Å². The molecule has 0 atom stereocenters. The molecule has 0 aliphatic carbocycles. The lowest BCUT2D eigenvalue weighted by Gasteiger charge is -2.27. The van der Waals surface area contributed by atoms with Crippen molar-refractivity contribution in [2.24, 2.45) is 0 Å². The second-order valence-corrected chi connectivity index (χ2v) is 5.68. The molecule has 0 unspecified atom stereocenters. The summed E-state index contributed by atoms with van der Waals surface area (Å²) in [4.78, 5) is 11.9. The van der Waals surface area contributed by atoms with Gasteiger partial charge in [-0.1, -0.05) is 30.4 Å². The predicted molar refractivity (Wildman–Crippen MR) is 90.6 cm³/mol. The predicted octanol–water partition coefficient (Wildman–Crippen LogP) is 2.26. The number of amides is 2. The molecule has 0 aliphatic heterocycles. The summed E-state index contributed by atoms with van der Waals surface area (Å²) in [5, 5.41) is 5.93. The first-order chi connectivity index (χ1) is 9.76. The molecule has 0 saturated carbocycles. The second-order valence-electron chi connectivity index (χ2n) is 5.27. The first-order valence-corrected chi connectivity index (χ1v) is 6.99. The fourth-order valence-electron chi connectivity index (χ4n) is 1.74. The number of rotatable bonds is 3. The van der Waals surface area contributed by atoms with E-state index < -0.39 is 5.54 Å². The molecule has 0 saturated heterocycles. The van der Waals surface area contributed by atoms with Crippen LogP contribution in [-0.2, 0) is 5.54 Å². The summed E-state index contributed by atoms with van der Waals surface area (Å²) >= 11 is 4.88. The molecule has 0 fully saturated rings. The Kier molecular flexibility index (Phi) is 5.72. The Morgan fingerprint density at radius 1 is 1.29 bits per heavy atom. The second kappa shape index (κ2) is 7.08. The number of carbonyl (C=O) groups excluding carboxylic acids is 1. The van der Waals surface area contributed by atoms with Crippen LogP contribution in [0.2, 0.25) is 0 Å². The molecule has 4 N–H and O–H groups in total. The van der Waals surface area contributed by atoms with Crippen LogP contribution in [0.1, 0.15) is 31.9 Å². The standard InChI is InChI=1S/C15H22N4OS/c1-10(2)11-7-6-8-12(9-11)15(3,4)17-13(20)18-19-14(21)16-5/h6-9H,1H2,2-5H3,(H2,16,19,21)(H2,17,18,20). The molecule has 114 valence electrons. The number of benzene rings is 1. The van der Waals surface area contributed by atoms with Gasteiger partial charge in [-0.15, -0.1) is 0 Å². The van der Waals surface area contributed by atoms with Gasteiger partial charge in [-0.3, -0.25) is 5.43 Å². The van der Waals surface area contributed by atoms with E-state index >= 15 is 0 Å². The van der Waals surface area contributed by atoms with Gasteiger partial charge in [0.25, 0.3) is 0 Å². The SMILES string of the molecule is C=C(C)c1cccc(C(C)(C)NC(=O)NNC(=S)NC)c1. The van der Waals surface area contributed by atoms with Crippen molar-refractivity contribution in [2.75, 3.05) is 7.05 Å². The van der Waals surface area contributed by atoms with Crippen LogP contribution in [0.15, 0.2) is 30.8 Å². The Hall–Kier alpha value is -2.08. The number of carbonyl (C=O) groups is 1. The zero-order valence-electron chi connectivity index (χ0n) is 12.8. The Morgan fingerprint density at radius 3 is 2.52 bits per heavy atom. The van der Waals surface area contributed by atoms with Gasteiger partial charge in [-0.05, 0) is 50.2 Å². The molecule has 0 radical (unpaired) electrons. The zero-order chi connectivity index (χ0) is 16.0. The van der Waals surface area contributed by atoms with Crippen molar-refractivity contribution in [3.05, 3.63) is 42.0 Å². The number of hydrogen-bond acceptors (Lipinski definition) is 2. The molecule has 0 aliphatic rings. The van der Waals surface area contributed by atoms with E-state index in [1.165, 1.54) is 0 Å².